The van der Waals surface area contributed by atoms with E-state index in [4.69, 9.17) is 9.47 Å². The van der Waals surface area contributed by atoms with Crippen molar-refractivity contribution in [2.24, 2.45) is 0 Å². The number of hydrogen-bond acceptors (Lipinski definition) is 5. The van der Waals surface area contributed by atoms with Gasteiger partial charge in [-0.15, -0.1) is 0 Å². The Hall–Kier alpha value is -2.47. The van der Waals surface area contributed by atoms with Gasteiger partial charge in [-0.05, 0) is 37.3 Å². The lowest BCUT2D eigenvalue weighted by atomic mass is 10.2. The van der Waals surface area contributed by atoms with Crippen molar-refractivity contribution >= 4 is 29.1 Å². The van der Waals surface area contributed by atoms with E-state index in [1.807, 2.05) is 31.2 Å². The lowest BCUT2D eigenvalue weighted by Crippen LogP contribution is -2.03. The van der Waals surface area contributed by atoms with Crippen molar-refractivity contribution in [3.63, 3.8) is 0 Å². The summed E-state index contributed by atoms with van der Waals surface area (Å²) in [6.45, 7) is 2.93. The van der Waals surface area contributed by atoms with Crippen LogP contribution in [0.4, 0.5) is 0 Å². The number of rotatable bonds is 8. The third kappa shape index (κ3) is 3.89. The summed E-state index contributed by atoms with van der Waals surface area (Å²) < 4.78 is 11.3. The summed E-state index contributed by atoms with van der Waals surface area (Å²) >= 11 is 1.60. The fourth-order valence-corrected chi connectivity index (χ4v) is 2.98. The predicted molar refractivity (Wildman–Crippen MR) is 95.3 cm³/mol. The predicted octanol–water partition coefficient (Wildman–Crippen LogP) is 3.95. The summed E-state index contributed by atoms with van der Waals surface area (Å²) in [5, 5.41) is 0.876. The van der Waals surface area contributed by atoms with Crippen LogP contribution in [0.5, 0.6) is 11.5 Å². The molecule has 0 bridgehead atoms. The van der Waals surface area contributed by atoms with Gasteiger partial charge in [-0.1, -0.05) is 23.9 Å². The number of para-hydroxylation sites is 2. The molecular formula is C18H18N2O3S. The van der Waals surface area contributed by atoms with Gasteiger partial charge in [0.1, 0.15) is 6.29 Å². The van der Waals surface area contributed by atoms with Crippen molar-refractivity contribution in [3.05, 3.63) is 48.0 Å². The van der Waals surface area contributed by atoms with Gasteiger partial charge in [0.2, 0.25) is 0 Å². The molecule has 5 nitrogen and oxygen atoms in total. The number of ether oxygens (including phenoxy) is 2. The normalized spacial score (nSPS) is 10.7. The van der Waals surface area contributed by atoms with E-state index in [0.29, 0.717) is 30.3 Å². The zero-order valence-corrected chi connectivity index (χ0v) is 14.1. The topological polar surface area (TPSA) is 64.2 Å². The molecule has 24 heavy (non-hydrogen) atoms. The molecule has 3 rings (SSSR count). The van der Waals surface area contributed by atoms with E-state index in [0.717, 1.165) is 28.2 Å². The number of aromatic amines is 1. The van der Waals surface area contributed by atoms with E-state index in [-0.39, 0.29) is 0 Å². The van der Waals surface area contributed by atoms with Crippen LogP contribution in [0.1, 0.15) is 17.3 Å². The number of nitrogens with one attached hydrogen (secondary N) is 1. The van der Waals surface area contributed by atoms with E-state index in [1.165, 1.54) is 0 Å². The number of carbonyl (C=O) groups is 1. The Labute approximate surface area is 144 Å². The number of aromatic nitrogens is 2. The minimum absolute atomic E-state index is 0.516. The van der Waals surface area contributed by atoms with Crippen LogP contribution in [0.3, 0.4) is 0 Å². The molecule has 3 aromatic rings. The number of imidazole rings is 1. The molecule has 1 heterocycles. The first kappa shape index (κ1) is 16.4. The highest BCUT2D eigenvalue weighted by atomic mass is 32.2. The lowest BCUT2D eigenvalue weighted by Gasteiger charge is -2.11. The van der Waals surface area contributed by atoms with Gasteiger partial charge in [-0.3, -0.25) is 4.79 Å². The van der Waals surface area contributed by atoms with Gasteiger partial charge in [0.05, 0.1) is 24.2 Å². The van der Waals surface area contributed by atoms with Crippen LogP contribution in [-0.4, -0.2) is 35.2 Å². The molecule has 0 aliphatic rings. The summed E-state index contributed by atoms with van der Waals surface area (Å²) in [5.74, 6) is 1.99. The number of benzene rings is 2. The van der Waals surface area contributed by atoms with Crippen LogP contribution < -0.4 is 9.47 Å². The second kappa shape index (κ2) is 7.88. The molecule has 1 N–H and O–H groups in total. The van der Waals surface area contributed by atoms with Gasteiger partial charge >= 0.3 is 0 Å². The summed E-state index contributed by atoms with van der Waals surface area (Å²) in [4.78, 5) is 18.6. The average Bonchev–Trinajstić information content (AvgIpc) is 3.02. The van der Waals surface area contributed by atoms with Crippen LogP contribution in [0.15, 0.2) is 47.6 Å². The number of hydrogen-bond donors (Lipinski definition) is 1. The molecule has 0 atom stereocenters. The summed E-state index contributed by atoms with van der Waals surface area (Å²) in [7, 11) is 0. The standard InChI is InChI=1S/C18H18N2O3S/c1-2-22-17-11-13(12-21)7-8-16(17)23-9-10-24-18-19-14-5-3-4-6-15(14)20-18/h3-8,11-12H,2,9-10H2,1H3,(H,19,20). The van der Waals surface area contributed by atoms with E-state index in [2.05, 4.69) is 9.97 Å². The van der Waals surface area contributed by atoms with Crippen LogP contribution in [-0.2, 0) is 0 Å². The van der Waals surface area contributed by atoms with Gasteiger partial charge in [-0.2, -0.15) is 0 Å². The molecule has 0 aliphatic heterocycles. The maximum atomic E-state index is 10.9. The Balaban J connectivity index is 1.57. The minimum atomic E-state index is 0.516. The van der Waals surface area contributed by atoms with Crippen LogP contribution in [0, 0.1) is 0 Å². The van der Waals surface area contributed by atoms with Crippen molar-refractivity contribution in [3.8, 4) is 11.5 Å². The Morgan fingerprint density at radius 1 is 1.17 bits per heavy atom. The minimum Gasteiger partial charge on any atom is -0.490 e. The molecule has 2 aromatic carbocycles. The number of H-pyrrole nitrogens is 1. The largest absolute Gasteiger partial charge is 0.490 e. The zero-order chi connectivity index (χ0) is 16.8. The maximum absolute atomic E-state index is 10.9. The first-order valence-electron chi connectivity index (χ1n) is 7.72. The number of carbonyl (C=O) groups excluding carboxylic acids is 1. The molecule has 0 saturated carbocycles. The first-order valence-corrected chi connectivity index (χ1v) is 8.71. The SMILES string of the molecule is CCOc1cc(C=O)ccc1OCCSc1nc2ccccc2[nH]1. The fraction of sp³-hybridized carbons (Fsp3) is 0.222. The Kier molecular flexibility index (Phi) is 5.38. The van der Waals surface area contributed by atoms with E-state index < -0.39 is 0 Å². The molecule has 0 fully saturated rings. The Morgan fingerprint density at radius 2 is 2.04 bits per heavy atom. The second-order valence-corrected chi connectivity index (χ2v) is 6.10. The molecule has 0 amide bonds. The Morgan fingerprint density at radius 3 is 2.83 bits per heavy atom. The number of aldehydes is 1. The zero-order valence-electron chi connectivity index (χ0n) is 13.3. The first-order chi connectivity index (χ1) is 11.8. The van der Waals surface area contributed by atoms with Crippen LogP contribution >= 0.6 is 11.8 Å². The third-order valence-corrected chi connectivity index (χ3v) is 4.19. The molecule has 0 aliphatic carbocycles. The fourth-order valence-electron chi connectivity index (χ4n) is 2.27. The van der Waals surface area contributed by atoms with Crippen LogP contribution in [0.25, 0.3) is 11.0 Å². The van der Waals surface area contributed by atoms with Gasteiger partial charge in [0.25, 0.3) is 0 Å². The smallest absolute Gasteiger partial charge is 0.166 e. The highest BCUT2D eigenvalue weighted by Gasteiger charge is 2.07. The van der Waals surface area contributed by atoms with E-state index >= 15 is 0 Å². The molecule has 0 radical (unpaired) electrons. The number of thioether (sulfide) groups is 1. The average molecular weight is 342 g/mol. The lowest BCUT2D eigenvalue weighted by molar-refractivity contribution is 0.112. The number of nitrogens with zero attached hydrogens (tertiary/aromatic N) is 1. The van der Waals surface area contributed by atoms with Gasteiger partial charge in [0.15, 0.2) is 16.7 Å². The summed E-state index contributed by atoms with van der Waals surface area (Å²) in [5.41, 5.74) is 2.57. The third-order valence-electron chi connectivity index (χ3n) is 3.35. The molecule has 0 spiro atoms. The molecule has 0 unspecified atom stereocenters. The monoisotopic (exact) mass is 342 g/mol. The van der Waals surface area contributed by atoms with Crippen molar-refractivity contribution in [1.82, 2.24) is 9.97 Å². The summed E-state index contributed by atoms with van der Waals surface area (Å²) in [6.07, 6.45) is 0.795. The highest BCUT2D eigenvalue weighted by molar-refractivity contribution is 7.99. The van der Waals surface area contributed by atoms with Gasteiger partial charge < -0.3 is 14.5 Å². The molecule has 1 aromatic heterocycles. The number of fused-ring (bicyclic) bond motifs is 1. The van der Waals surface area contributed by atoms with Crippen molar-refractivity contribution in [1.29, 1.82) is 0 Å². The molecular weight excluding hydrogens is 324 g/mol. The van der Waals surface area contributed by atoms with Gasteiger partial charge in [-0.25, -0.2) is 4.98 Å². The maximum Gasteiger partial charge on any atom is 0.166 e. The molecule has 0 saturated heterocycles. The molecule has 124 valence electrons. The van der Waals surface area contributed by atoms with E-state index in [9.17, 15) is 4.79 Å². The van der Waals surface area contributed by atoms with Gasteiger partial charge in [0, 0.05) is 11.3 Å². The van der Waals surface area contributed by atoms with Crippen LogP contribution in [0.2, 0.25) is 0 Å². The summed E-state index contributed by atoms with van der Waals surface area (Å²) in [6, 6.07) is 13.1. The Bertz CT molecular complexity index is 799. The van der Waals surface area contributed by atoms with Crippen molar-refractivity contribution in [2.45, 2.75) is 12.1 Å². The molecule has 6 heteroatoms. The van der Waals surface area contributed by atoms with E-state index in [1.54, 1.807) is 30.0 Å². The van der Waals surface area contributed by atoms with Crippen molar-refractivity contribution in [2.75, 3.05) is 19.0 Å². The second-order valence-electron chi connectivity index (χ2n) is 5.01. The quantitative estimate of drug-likeness (QED) is 0.381. The van der Waals surface area contributed by atoms with Crippen molar-refractivity contribution < 1.29 is 14.3 Å². The highest BCUT2D eigenvalue weighted by Crippen LogP contribution is 2.28.